The lowest BCUT2D eigenvalue weighted by Crippen LogP contribution is -2.25. The van der Waals surface area contributed by atoms with Crippen LogP contribution in [0.4, 0.5) is 19.0 Å². The summed E-state index contributed by atoms with van der Waals surface area (Å²) in [5.41, 5.74) is 0.00281. The third-order valence-corrected chi connectivity index (χ3v) is 6.34. The van der Waals surface area contributed by atoms with Crippen molar-refractivity contribution in [3.05, 3.63) is 75.2 Å². The van der Waals surface area contributed by atoms with Crippen molar-refractivity contribution < 1.29 is 23.1 Å². The standard InChI is InChI=1S/C21H18ClF3N8O2S/c1-10-7-33(9-30-10)17-4-14(28-8-29-17)18(34)31-11(2)20-27-6-15(36-20)19(35)32-16-3-12(21(23,24)25)13(22)5-26-16/h3-9,11,18,31,34H,1-2H3,(H,26,32,35). The fourth-order valence-electron chi connectivity index (χ4n) is 3.09. The maximum atomic E-state index is 13.0. The predicted molar refractivity (Wildman–Crippen MR) is 125 cm³/mol. The minimum atomic E-state index is -4.69. The molecular weight excluding hydrogens is 521 g/mol. The molecular formula is C21H18ClF3N8O2S. The Balaban J connectivity index is 1.42. The van der Waals surface area contributed by atoms with E-state index in [0.717, 1.165) is 23.2 Å². The average molecular weight is 539 g/mol. The minimum absolute atomic E-state index is 0.137. The highest BCUT2D eigenvalue weighted by atomic mass is 35.5. The second-order valence-electron chi connectivity index (χ2n) is 7.58. The zero-order valence-electron chi connectivity index (χ0n) is 18.7. The van der Waals surface area contributed by atoms with E-state index in [2.05, 4.69) is 35.6 Å². The molecule has 0 saturated heterocycles. The summed E-state index contributed by atoms with van der Waals surface area (Å²) < 4.78 is 40.8. The first-order valence-electron chi connectivity index (χ1n) is 10.3. The van der Waals surface area contributed by atoms with E-state index >= 15 is 0 Å². The van der Waals surface area contributed by atoms with E-state index in [4.69, 9.17) is 11.6 Å². The van der Waals surface area contributed by atoms with Crippen LogP contribution in [0.3, 0.4) is 0 Å². The van der Waals surface area contributed by atoms with Crippen LogP contribution in [0.1, 0.15) is 50.8 Å². The van der Waals surface area contributed by atoms with Gasteiger partial charge in [-0.05, 0) is 19.9 Å². The molecule has 15 heteroatoms. The molecule has 1 amide bonds. The first kappa shape index (κ1) is 25.6. The molecule has 4 rings (SSSR count). The third-order valence-electron chi connectivity index (χ3n) is 4.86. The van der Waals surface area contributed by atoms with Crippen molar-refractivity contribution in [3.63, 3.8) is 0 Å². The van der Waals surface area contributed by atoms with Gasteiger partial charge >= 0.3 is 6.18 Å². The first-order chi connectivity index (χ1) is 17.0. The lowest BCUT2D eigenvalue weighted by Gasteiger charge is -2.17. The van der Waals surface area contributed by atoms with Crippen molar-refractivity contribution in [2.75, 3.05) is 5.32 Å². The number of amides is 1. The van der Waals surface area contributed by atoms with Crippen LogP contribution < -0.4 is 10.6 Å². The van der Waals surface area contributed by atoms with Gasteiger partial charge in [-0.2, -0.15) is 13.2 Å². The molecule has 0 fully saturated rings. The molecule has 4 aromatic rings. The summed E-state index contributed by atoms with van der Waals surface area (Å²) in [5, 5.41) is 15.7. The minimum Gasteiger partial charge on any atom is -0.373 e. The number of thiazole rings is 1. The molecule has 10 nitrogen and oxygen atoms in total. The number of rotatable bonds is 7. The van der Waals surface area contributed by atoms with Crippen LogP contribution in [0, 0.1) is 6.92 Å². The highest BCUT2D eigenvalue weighted by Crippen LogP contribution is 2.35. The Morgan fingerprint density at radius 1 is 1.17 bits per heavy atom. The van der Waals surface area contributed by atoms with Gasteiger partial charge in [0.05, 0.1) is 34.2 Å². The maximum Gasteiger partial charge on any atom is 0.418 e. The van der Waals surface area contributed by atoms with Crippen LogP contribution in [-0.2, 0) is 6.18 Å². The van der Waals surface area contributed by atoms with Crippen LogP contribution in [0.15, 0.2) is 43.4 Å². The molecule has 4 aromatic heterocycles. The van der Waals surface area contributed by atoms with Gasteiger partial charge in [0.2, 0.25) is 0 Å². The Kier molecular flexibility index (Phi) is 7.31. The van der Waals surface area contributed by atoms with Crippen LogP contribution in [0.2, 0.25) is 5.02 Å². The van der Waals surface area contributed by atoms with Gasteiger partial charge in [0.25, 0.3) is 5.91 Å². The van der Waals surface area contributed by atoms with Crippen LogP contribution in [0.5, 0.6) is 0 Å². The summed E-state index contributed by atoms with van der Waals surface area (Å²) in [4.78, 5) is 33.0. The Bertz CT molecular complexity index is 1390. The quantitative estimate of drug-likeness (QED) is 0.300. The molecule has 0 aliphatic heterocycles. The Morgan fingerprint density at radius 2 is 1.94 bits per heavy atom. The number of aliphatic hydroxyl groups excluding tert-OH is 1. The van der Waals surface area contributed by atoms with E-state index in [9.17, 15) is 23.1 Å². The number of alkyl halides is 3. The molecule has 0 aliphatic carbocycles. The van der Waals surface area contributed by atoms with Crippen LogP contribution in [-0.4, -0.2) is 40.5 Å². The molecule has 0 aliphatic rings. The topological polar surface area (TPSA) is 131 Å². The summed E-state index contributed by atoms with van der Waals surface area (Å²) in [6, 6.07) is 1.76. The Hall–Kier alpha value is -3.46. The van der Waals surface area contributed by atoms with Gasteiger partial charge in [0.1, 0.15) is 40.4 Å². The zero-order valence-corrected chi connectivity index (χ0v) is 20.2. The molecule has 4 heterocycles. The SMILES string of the molecule is Cc1cn(-c2cc(C(O)NC(C)c3ncc(C(=O)Nc4cc(C(F)(F)F)c(Cl)cn4)s3)ncn2)cn1. The van der Waals surface area contributed by atoms with Crippen molar-refractivity contribution >= 4 is 34.7 Å². The summed E-state index contributed by atoms with van der Waals surface area (Å²) >= 11 is 6.56. The average Bonchev–Trinajstić information content (AvgIpc) is 3.49. The fourth-order valence-corrected chi connectivity index (χ4v) is 4.12. The van der Waals surface area contributed by atoms with Gasteiger partial charge in [0, 0.05) is 18.5 Å². The normalized spacial score (nSPS) is 13.4. The van der Waals surface area contributed by atoms with Crippen molar-refractivity contribution in [2.45, 2.75) is 32.3 Å². The Morgan fingerprint density at radius 3 is 2.64 bits per heavy atom. The number of imidazole rings is 1. The van der Waals surface area contributed by atoms with E-state index in [1.54, 1.807) is 30.1 Å². The third kappa shape index (κ3) is 5.84. The van der Waals surface area contributed by atoms with Gasteiger partial charge in [-0.1, -0.05) is 11.6 Å². The number of halogens is 4. The lowest BCUT2D eigenvalue weighted by molar-refractivity contribution is -0.137. The summed E-state index contributed by atoms with van der Waals surface area (Å²) in [7, 11) is 0. The van der Waals surface area contributed by atoms with E-state index in [-0.39, 0.29) is 10.7 Å². The number of carbonyl (C=O) groups excluding carboxylic acids is 1. The van der Waals surface area contributed by atoms with Gasteiger partial charge in [0.15, 0.2) is 0 Å². The monoisotopic (exact) mass is 538 g/mol. The second kappa shape index (κ2) is 10.3. The number of nitrogens with zero attached hydrogens (tertiary/aromatic N) is 6. The van der Waals surface area contributed by atoms with Crippen molar-refractivity contribution in [3.8, 4) is 5.82 Å². The molecule has 36 heavy (non-hydrogen) atoms. The molecule has 3 N–H and O–H groups in total. The number of aryl methyl sites for hydroxylation is 1. The lowest BCUT2D eigenvalue weighted by atomic mass is 10.2. The smallest absolute Gasteiger partial charge is 0.373 e. The van der Waals surface area contributed by atoms with E-state index < -0.39 is 34.9 Å². The van der Waals surface area contributed by atoms with Crippen molar-refractivity contribution in [2.24, 2.45) is 0 Å². The number of anilines is 1. The van der Waals surface area contributed by atoms with Gasteiger partial charge in [-0.3, -0.25) is 14.7 Å². The first-order valence-corrected chi connectivity index (χ1v) is 11.5. The Labute approximate surface area is 211 Å². The molecule has 0 radical (unpaired) electrons. The molecule has 2 unspecified atom stereocenters. The van der Waals surface area contributed by atoms with E-state index in [1.807, 2.05) is 6.92 Å². The van der Waals surface area contributed by atoms with Crippen molar-refractivity contribution in [1.29, 1.82) is 0 Å². The van der Waals surface area contributed by atoms with Crippen molar-refractivity contribution in [1.82, 2.24) is 34.8 Å². The predicted octanol–water partition coefficient (Wildman–Crippen LogP) is 4.09. The second-order valence-corrected chi connectivity index (χ2v) is 9.05. The summed E-state index contributed by atoms with van der Waals surface area (Å²) in [6.07, 6.45) is 0.919. The summed E-state index contributed by atoms with van der Waals surface area (Å²) in [6.45, 7) is 3.56. The molecule has 2 atom stereocenters. The molecule has 0 saturated carbocycles. The molecule has 0 spiro atoms. The van der Waals surface area contributed by atoms with Gasteiger partial charge in [-0.25, -0.2) is 24.9 Å². The highest BCUT2D eigenvalue weighted by molar-refractivity contribution is 7.13. The molecule has 0 bridgehead atoms. The fraction of sp³-hybridized carbons (Fsp3) is 0.238. The number of carbonyl (C=O) groups is 1. The van der Waals surface area contributed by atoms with Gasteiger partial charge < -0.3 is 10.4 Å². The number of aromatic nitrogens is 6. The van der Waals surface area contributed by atoms with Crippen LogP contribution >= 0.6 is 22.9 Å². The molecule has 0 aromatic carbocycles. The van der Waals surface area contributed by atoms with Crippen LogP contribution in [0.25, 0.3) is 5.82 Å². The number of aliphatic hydroxyl groups is 1. The molecule has 188 valence electrons. The van der Waals surface area contributed by atoms with E-state index in [1.165, 1.54) is 12.5 Å². The zero-order chi connectivity index (χ0) is 26.0. The highest BCUT2D eigenvalue weighted by Gasteiger charge is 2.34. The number of hydrogen-bond acceptors (Lipinski definition) is 9. The number of pyridine rings is 1. The largest absolute Gasteiger partial charge is 0.418 e. The number of hydrogen-bond donors (Lipinski definition) is 3. The summed E-state index contributed by atoms with van der Waals surface area (Å²) in [5.74, 6) is -0.474. The maximum absolute atomic E-state index is 13.0. The van der Waals surface area contributed by atoms with E-state index in [0.29, 0.717) is 22.6 Å². The van der Waals surface area contributed by atoms with Gasteiger partial charge in [-0.15, -0.1) is 11.3 Å². The number of nitrogens with one attached hydrogen (secondary N) is 2.